The lowest BCUT2D eigenvalue weighted by Gasteiger charge is -2.37. The van der Waals surface area contributed by atoms with Crippen molar-refractivity contribution in [1.29, 1.82) is 5.26 Å². The third kappa shape index (κ3) is 1.71. The van der Waals surface area contributed by atoms with Crippen LogP contribution in [0.15, 0.2) is 24.3 Å². The minimum Gasteiger partial charge on any atom is -0.387 e. The molecule has 2 unspecified atom stereocenters. The number of rotatable bonds is 1. The normalized spacial score (nSPS) is 33.1. The van der Waals surface area contributed by atoms with Gasteiger partial charge in [-0.15, -0.1) is 0 Å². The SMILES string of the molecule is CC1CC(O)(C2(C#N)Cc3ccccc3C2)CN1C. The standard InChI is InChI=1S/C16H20N2O/c1-12-7-16(19,11-18(12)2)15(10-17)8-13-5-3-4-6-14(13)9-15/h3-6,12,19H,7-9,11H2,1-2H3. The highest BCUT2D eigenvalue weighted by Crippen LogP contribution is 2.49. The average molecular weight is 256 g/mol. The summed E-state index contributed by atoms with van der Waals surface area (Å²) in [7, 11) is 2.02. The molecule has 1 N–H and O–H groups in total. The second-order valence-corrected chi connectivity index (χ2v) is 6.32. The molecule has 19 heavy (non-hydrogen) atoms. The van der Waals surface area contributed by atoms with Crippen molar-refractivity contribution in [2.45, 2.75) is 37.8 Å². The molecule has 0 amide bonds. The number of benzene rings is 1. The molecule has 1 aliphatic heterocycles. The summed E-state index contributed by atoms with van der Waals surface area (Å²) in [4.78, 5) is 2.15. The Balaban J connectivity index is 1.98. The summed E-state index contributed by atoms with van der Waals surface area (Å²) in [5.74, 6) is 0. The number of β-amino-alcohol motifs (C(OH)–C–C–N with tert-alkyl or cyclic N) is 1. The zero-order chi connectivity index (χ0) is 13.7. The van der Waals surface area contributed by atoms with E-state index in [1.807, 2.05) is 19.2 Å². The van der Waals surface area contributed by atoms with Gasteiger partial charge < -0.3 is 10.0 Å². The van der Waals surface area contributed by atoms with Crippen molar-refractivity contribution < 1.29 is 5.11 Å². The number of likely N-dealkylation sites (N-methyl/N-ethyl adjacent to an activating group) is 1. The molecule has 1 saturated heterocycles. The average Bonchev–Trinajstić information content (AvgIpc) is 2.89. The van der Waals surface area contributed by atoms with E-state index in [4.69, 9.17) is 0 Å². The first-order valence-corrected chi connectivity index (χ1v) is 6.90. The van der Waals surface area contributed by atoms with Crippen LogP contribution in [0.3, 0.4) is 0 Å². The summed E-state index contributed by atoms with van der Waals surface area (Å²) in [5.41, 5.74) is 0.893. The monoisotopic (exact) mass is 256 g/mol. The topological polar surface area (TPSA) is 47.3 Å². The van der Waals surface area contributed by atoms with Crippen LogP contribution in [-0.4, -0.2) is 35.2 Å². The van der Waals surface area contributed by atoms with Crippen molar-refractivity contribution >= 4 is 0 Å². The van der Waals surface area contributed by atoms with E-state index in [9.17, 15) is 10.4 Å². The van der Waals surface area contributed by atoms with Gasteiger partial charge in [0.2, 0.25) is 0 Å². The maximum absolute atomic E-state index is 11.1. The summed E-state index contributed by atoms with van der Waals surface area (Å²) >= 11 is 0. The molecular formula is C16H20N2O. The van der Waals surface area contributed by atoms with E-state index < -0.39 is 11.0 Å². The smallest absolute Gasteiger partial charge is 0.0980 e. The number of nitrogens with zero attached hydrogens (tertiary/aromatic N) is 2. The van der Waals surface area contributed by atoms with Gasteiger partial charge in [0.25, 0.3) is 0 Å². The molecule has 1 aliphatic carbocycles. The van der Waals surface area contributed by atoms with E-state index in [2.05, 4.69) is 30.0 Å². The van der Waals surface area contributed by atoms with Gasteiger partial charge in [-0.3, -0.25) is 0 Å². The van der Waals surface area contributed by atoms with Crippen LogP contribution in [0.25, 0.3) is 0 Å². The van der Waals surface area contributed by atoms with Crippen LogP contribution < -0.4 is 0 Å². The summed E-state index contributed by atoms with van der Waals surface area (Å²) in [6, 6.07) is 11.0. The molecule has 1 fully saturated rings. The van der Waals surface area contributed by atoms with Gasteiger partial charge in [0.15, 0.2) is 0 Å². The predicted octanol–water partition coefficient (Wildman–Crippen LogP) is 1.75. The fourth-order valence-corrected chi connectivity index (χ4v) is 3.75. The van der Waals surface area contributed by atoms with Gasteiger partial charge >= 0.3 is 0 Å². The molecule has 2 atom stereocenters. The van der Waals surface area contributed by atoms with Crippen LogP contribution in [0.2, 0.25) is 0 Å². The lowest BCUT2D eigenvalue weighted by molar-refractivity contribution is -0.0404. The van der Waals surface area contributed by atoms with Crippen LogP contribution in [0.1, 0.15) is 24.5 Å². The Morgan fingerprint density at radius 1 is 1.32 bits per heavy atom. The quantitative estimate of drug-likeness (QED) is 0.832. The molecule has 1 heterocycles. The third-order valence-corrected chi connectivity index (χ3v) is 5.10. The number of nitriles is 1. The minimum absolute atomic E-state index is 0.332. The first kappa shape index (κ1) is 12.7. The maximum Gasteiger partial charge on any atom is 0.0980 e. The van der Waals surface area contributed by atoms with Gasteiger partial charge in [0, 0.05) is 12.6 Å². The first-order chi connectivity index (χ1) is 9.00. The van der Waals surface area contributed by atoms with Gasteiger partial charge in [-0.2, -0.15) is 5.26 Å². The highest BCUT2D eigenvalue weighted by Gasteiger charge is 2.57. The number of likely N-dealkylation sites (tertiary alicyclic amines) is 1. The highest BCUT2D eigenvalue weighted by molar-refractivity contribution is 5.40. The summed E-state index contributed by atoms with van der Waals surface area (Å²) in [5, 5.41) is 20.8. The molecule has 1 aromatic rings. The number of fused-ring (bicyclic) bond motifs is 1. The molecule has 3 rings (SSSR count). The Hall–Kier alpha value is -1.37. The summed E-state index contributed by atoms with van der Waals surface area (Å²) in [6.45, 7) is 2.71. The fraction of sp³-hybridized carbons (Fsp3) is 0.562. The molecule has 100 valence electrons. The van der Waals surface area contributed by atoms with Gasteiger partial charge in [-0.1, -0.05) is 24.3 Å². The van der Waals surface area contributed by atoms with Gasteiger partial charge in [-0.25, -0.2) is 0 Å². The van der Waals surface area contributed by atoms with E-state index >= 15 is 0 Å². The molecule has 3 nitrogen and oxygen atoms in total. The van der Waals surface area contributed by atoms with Crippen molar-refractivity contribution in [2.24, 2.45) is 5.41 Å². The Morgan fingerprint density at radius 2 is 1.89 bits per heavy atom. The number of hydrogen-bond donors (Lipinski definition) is 1. The van der Waals surface area contributed by atoms with E-state index in [1.54, 1.807) is 0 Å². The largest absolute Gasteiger partial charge is 0.387 e. The second kappa shape index (κ2) is 4.06. The molecule has 3 heteroatoms. The van der Waals surface area contributed by atoms with Crippen molar-refractivity contribution in [1.82, 2.24) is 4.90 Å². The van der Waals surface area contributed by atoms with Crippen LogP contribution >= 0.6 is 0 Å². The lowest BCUT2D eigenvalue weighted by atomic mass is 9.69. The van der Waals surface area contributed by atoms with Crippen molar-refractivity contribution in [3.05, 3.63) is 35.4 Å². The number of aliphatic hydroxyl groups is 1. The predicted molar refractivity (Wildman–Crippen MR) is 73.6 cm³/mol. The second-order valence-electron chi connectivity index (χ2n) is 6.32. The zero-order valence-electron chi connectivity index (χ0n) is 11.6. The summed E-state index contributed by atoms with van der Waals surface area (Å²) in [6.07, 6.45) is 2.04. The Kier molecular flexibility index (Phi) is 2.70. The Labute approximate surface area is 114 Å². The fourth-order valence-electron chi connectivity index (χ4n) is 3.75. The lowest BCUT2D eigenvalue weighted by Crippen LogP contribution is -2.50. The molecule has 0 aromatic heterocycles. The van der Waals surface area contributed by atoms with E-state index in [0.29, 0.717) is 31.8 Å². The van der Waals surface area contributed by atoms with E-state index in [1.165, 1.54) is 11.1 Å². The molecule has 2 aliphatic rings. The minimum atomic E-state index is -0.894. The maximum atomic E-state index is 11.1. The first-order valence-electron chi connectivity index (χ1n) is 6.90. The third-order valence-electron chi connectivity index (χ3n) is 5.10. The molecule has 0 saturated carbocycles. The molecule has 1 aromatic carbocycles. The highest BCUT2D eigenvalue weighted by atomic mass is 16.3. The Bertz CT molecular complexity index is 511. The van der Waals surface area contributed by atoms with E-state index in [0.717, 1.165) is 0 Å². The molecular weight excluding hydrogens is 236 g/mol. The van der Waals surface area contributed by atoms with Crippen molar-refractivity contribution in [3.8, 4) is 6.07 Å². The Morgan fingerprint density at radius 3 is 2.32 bits per heavy atom. The van der Waals surface area contributed by atoms with Crippen molar-refractivity contribution in [2.75, 3.05) is 13.6 Å². The summed E-state index contributed by atoms with van der Waals surface area (Å²) < 4.78 is 0. The zero-order valence-corrected chi connectivity index (χ0v) is 11.6. The van der Waals surface area contributed by atoms with Crippen LogP contribution in [0, 0.1) is 16.7 Å². The van der Waals surface area contributed by atoms with Gasteiger partial charge in [-0.05, 0) is 44.4 Å². The van der Waals surface area contributed by atoms with E-state index in [-0.39, 0.29) is 0 Å². The molecule has 0 bridgehead atoms. The van der Waals surface area contributed by atoms with Crippen LogP contribution in [-0.2, 0) is 12.8 Å². The molecule has 0 radical (unpaired) electrons. The van der Waals surface area contributed by atoms with Crippen LogP contribution in [0.4, 0.5) is 0 Å². The molecule has 0 spiro atoms. The van der Waals surface area contributed by atoms with Crippen LogP contribution in [0.5, 0.6) is 0 Å². The van der Waals surface area contributed by atoms with Gasteiger partial charge in [0.05, 0.1) is 17.1 Å². The van der Waals surface area contributed by atoms with Gasteiger partial charge in [0.1, 0.15) is 0 Å². The number of hydrogen-bond acceptors (Lipinski definition) is 3. The van der Waals surface area contributed by atoms with Crippen molar-refractivity contribution in [3.63, 3.8) is 0 Å².